The van der Waals surface area contributed by atoms with Crippen LogP contribution < -0.4 is 0 Å². The zero-order valence-corrected chi connectivity index (χ0v) is 12.6. The molecule has 0 radical (unpaired) electrons. The van der Waals surface area contributed by atoms with Crippen molar-refractivity contribution in [2.75, 3.05) is 6.61 Å². The zero-order chi connectivity index (χ0) is 15.9. The summed E-state index contributed by atoms with van der Waals surface area (Å²) in [6.45, 7) is 1.85. The van der Waals surface area contributed by atoms with Crippen molar-refractivity contribution < 1.29 is 19.0 Å². The Kier molecular flexibility index (Phi) is 5.55. The summed E-state index contributed by atoms with van der Waals surface area (Å²) in [5, 5.41) is 9.54. The molecule has 1 N–H and O–H groups in total. The predicted octanol–water partition coefficient (Wildman–Crippen LogP) is 3.83. The Bertz CT molecular complexity index is 669. The quantitative estimate of drug-likeness (QED) is 0.515. The van der Waals surface area contributed by atoms with Crippen molar-refractivity contribution in [3.8, 4) is 0 Å². The number of esters is 1. The molecule has 1 heterocycles. The van der Waals surface area contributed by atoms with Crippen molar-refractivity contribution in [3.63, 3.8) is 0 Å². The summed E-state index contributed by atoms with van der Waals surface area (Å²) in [6.07, 6.45) is 2.85. The van der Waals surface area contributed by atoms with Crippen molar-refractivity contribution in [1.82, 2.24) is 4.98 Å². The number of aliphatic hydroxyl groups excluding tert-OH is 1. The second-order valence-corrected chi connectivity index (χ2v) is 5.37. The van der Waals surface area contributed by atoms with Gasteiger partial charge in [0.05, 0.1) is 12.3 Å². The van der Waals surface area contributed by atoms with Gasteiger partial charge in [0.2, 0.25) is 5.76 Å². The van der Waals surface area contributed by atoms with Gasteiger partial charge in [-0.05, 0) is 43.3 Å². The van der Waals surface area contributed by atoms with Gasteiger partial charge >= 0.3 is 5.97 Å². The van der Waals surface area contributed by atoms with Crippen LogP contribution in [-0.2, 0) is 9.53 Å². The third-order valence-electron chi connectivity index (χ3n) is 2.58. The van der Waals surface area contributed by atoms with Crippen LogP contribution in [0.4, 0.5) is 4.39 Å². The van der Waals surface area contributed by atoms with E-state index in [1.807, 2.05) is 0 Å². The molecule has 1 aromatic carbocycles. The summed E-state index contributed by atoms with van der Waals surface area (Å²) in [5.41, 5.74) is 0.439. The molecule has 2 rings (SSSR count). The second kappa shape index (κ2) is 7.61. The fourth-order valence-electron chi connectivity index (χ4n) is 1.58. The molecule has 1 aromatic heterocycles. The minimum absolute atomic E-state index is 0.192. The summed E-state index contributed by atoms with van der Waals surface area (Å²) in [5.74, 6) is -1.56. The van der Waals surface area contributed by atoms with E-state index >= 15 is 0 Å². The minimum Gasteiger partial charge on any atom is -0.502 e. The number of carbonyl (C=O) groups is 1. The van der Waals surface area contributed by atoms with Gasteiger partial charge in [0.1, 0.15) is 5.82 Å². The number of nitrogens with zero attached hydrogens (tertiary/aromatic N) is 1. The van der Waals surface area contributed by atoms with Gasteiger partial charge in [-0.25, -0.2) is 9.18 Å². The first-order valence-corrected chi connectivity index (χ1v) is 7.37. The van der Waals surface area contributed by atoms with E-state index in [0.717, 1.165) is 9.79 Å². The van der Waals surface area contributed by atoms with Crippen molar-refractivity contribution >= 4 is 23.8 Å². The van der Waals surface area contributed by atoms with E-state index in [1.54, 1.807) is 37.4 Å². The molecule has 0 saturated heterocycles. The molecule has 0 saturated carbocycles. The smallest absolute Gasteiger partial charge is 0.373 e. The number of benzene rings is 1. The van der Waals surface area contributed by atoms with Crippen LogP contribution in [0.15, 0.2) is 58.1 Å². The van der Waals surface area contributed by atoms with E-state index in [0.29, 0.717) is 5.69 Å². The van der Waals surface area contributed by atoms with Crippen LogP contribution in [0.2, 0.25) is 0 Å². The Hall–Kier alpha value is -2.34. The Morgan fingerprint density at radius 1 is 1.27 bits per heavy atom. The average molecular weight is 319 g/mol. The van der Waals surface area contributed by atoms with Gasteiger partial charge < -0.3 is 9.84 Å². The Balaban J connectivity index is 2.05. The third-order valence-corrected chi connectivity index (χ3v) is 3.56. The highest BCUT2D eigenvalue weighted by molar-refractivity contribution is 7.99. The molecule has 0 aliphatic carbocycles. The van der Waals surface area contributed by atoms with Crippen LogP contribution in [0.5, 0.6) is 0 Å². The van der Waals surface area contributed by atoms with Crippen molar-refractivity contribution in [2.24, 2.45) is 0 Å². The summed E-state index contributed by atoms with van der Waals surface area (Å²) >= 11 is 1.43. The maximum atomic E-state index is 12.8. The fourth-order valence-corrected chi connectivity index (χ4v) is 2.37. The van der Waals surface area contributed by atoms with E-state index in [9.17, 15) is 14.3 Å². The standard InChI is InChI=1S/C16H14FNO3S/c1-2-21-16(20)15(19)9-12-5-8-14(10-18-12)22-13-6-3-11(17)4-7-13/h3-10,19H,2H2,1H3/b15-9-. The molecule has 0 aliphatic rings. The normalized spacial score (nSPS) is 11.3. The summed E-state index contributed by atoms with van der Waals surface area (Å²) in [6, 6.07) is 9.61. The lowest BCUT2D eigenvalue weighted by molar-refractivity contribution is -0.141. The lowest BCUT2D eigenvalue weighted by Gasteiger charge is -2.03. The SMILES string of the molecule is CCOC(=O)/C(O)=C/c1ccc(Sc2ccc(F)cc2)cn1. The van der Waals surface area contributed by atoms with Crippen LogP contribution in [0, 0.1) is 5.82 Å². The lowest BCUT2D eigenvalue weighted by Crippen LogP contribution is -2.06. The first-order valence-electron chi connectivity index (χ1n) is 6.55. The fraction of sp³-hybridized carbons (Fsp3) is 0.125. The van der Waals surface area contributed by atoms with Crippen molar-refractivity contribution in [3.05, 3.63) is 59.9 Å². The molecule has 0 amide bonds. The number of pyridine rings is 1. The molecule has 0 aliphatic heterocycles. The maximum absolute atomic E-state index is 12.8. The van der Waals surface area contributed by atoms with Gasteiger partial charge in [0.15, 0.2) is 0 Å². The molecule has 114 valence electrons. The number of rotatable bonds is 5. The highest BCUT2D eigenvalue weighted by atomic mass is 32.2. The molecule has 0 fully saturated rings. The molecule has 6 heteroatoms. The van der Waals surface area contributed by atoms with Crippen LogP contribution >= 0.6 is 11.8 Å². The highest BCUT2D eigenvalue weighted by Crippen LogP contribution is 2.27. The Labute approximate surface area is 131 Å². The van der Waals surface area contributed by atoms with Crippen LogP contribution in [-0.4, -0.2) is 22.7 Å². The summed E-state index contributed by atoms with van der Waals surface area (Å²) in [7, 11) is 0. The van der Waals surface area contributed by atoms with E-state index in [-0.39, 0.29) is 12.4 Å². The van der Waals surface area contributed by atoms with E-state index in [4.69, 9.17) is 0 Å². The van der Waals surface area contributed by atoms with Gasteiger partial charge in [-0.3, -0.25) is 4.98 Å². The Morgan fingerprint density at radius 2 is 1.95 bits per heavy atom. The molecule has 0 bridgehead atoms. The molecule has 0 atom stereocenters. The maximum Gasteiger partial charge on any atom is 0.373 e. The van der Waals surface area contributed by atoms with Gasteiger partial charge in [-0.1, -0.05) is 11.8 Å². The summed E-state index contributed by atoms with van der Waals surface area (Å²) < 4.78 is 17.5. The molecule has 0 spiro atoms. The van der Waals surface area contributed by atoms with Crippen molar-refractivity contribution in [1.29, 1.82) is 0 Å². The first kappa shape index (κ1) is 16.0. The lowest BCUT2D eigenvalue weighted by atomic mass is 10.3. The van der Waals surface area contributed by atoms with E-state index in [1.165, 1.54) is 30.0 Å². The molecule has 0 unspecified atom stereocenters. The number of halogens is 1. The van der Waals surface area contributed by atoms with Crippen molar-refractivity contribution in [2.45, 2.75) is 16.7 Å². The van der Waals surface area contributed by atoms with Crippen LogP contribution in [0.3, 0.4) is 0 Å². The molecule has 2 aromatic rings. The van der Waals surface area contributed by atoms with E-state index in [2.05, 4.69) is 9.72 Å². The number of aliphatic hydroxyl groups is 1. The minimum atomic E-state index is -0.783. The Morgan fingerprint density at radius 3 is 2.55 bits per heavy atom. The van der Waals surface area contributed by atoms with Crippen LogP contribution in [0.1, 0.15) is 12.6 Å². The molecule has 22 heavy (non-hydrogen) atoms. The van der Waals surface area contributed by atoms with Crippen LogP contribution in [0.25, 0.3) is 6.08 Å². The molecular formula is C16H14FNO3S. The van der Waals surface area contributed by atoms with Gasteiger partial charge in [0, 0.05) is 22.1 Å². The number of carbonyl (C=O) groups excluding carboxylic acids is 1. The number of hydrogen-bond acceptors (Lipinski definition) is 5. The van der Waals surface area contributed by atoms with Gasteiger partial charge in [-0.2, -0.15) is 0 Å². The van der Waals surface area contributed by atoms with Gasteiger partial charge in [0.25, 0.3) is 0 Å². The molecule has 4 nitrogen and oxygen atoms in total. The predicted molar refractivity (Wildman–Crippen MR) is 82.0 cm³/mol. The average Bonchev–Trinajstić information content (AvgIpc) is 2.51. The van der Waals surface area contributed by atoms with Gasteiger partial charge in [-0.15, -0.1) is 0 Å². The number of hydrogen-bond donors (Lipinski definition) is 1. The van der Waals surface area contributed by atoms with E-state index < -0.39 is 11.7 Å². The summed E-state index contributed by atoms with van der Waals surface area (Å²) in [4.78, 5) is 17.2. The third kappa shape index (κ3) is 4.60. The molecular weight excluding hydrogens is 305 g/mol. The largest absolute Gasteiger partial charge is 0.502 e. The highest BCUT2D eigenvalue weighted by Gasteiger charge is 2.08. The number of aromatic nitrogens is 1. The number of ether oxygens (including phenoxy) is 1. The zero-order valence-electron chi connectivity index (χ0n) is 11.8. The monoisotopic (exact) mass is 319 g/mol. The topological polar surface area (TPSA) is 59.4 Å². The first-order chi connectivity index (χ1) is 10.6. The second-order valence-electron chi connectivity index (χ2n) is 4.22.